The molecule has 0 aromatic heterocycles. The highest BCUT2D eigenvalue weighted by molar-refractivity contribution is 5.95. The Morgan fingerprint density at radius 2 is 1.53 bits per heavy atom. The molecule has 5 rings (SSSR count). The van der Waals surface area contributed by atoms with Gasteiger partial charge >= 0.3 is 5.97 Å². The van der Waals surface area contributed by atoms with Crippen LogP contribution in [0, 0.1) is 50.2 Å². The fourth-order valence-corrected chi connectivity index (χ4v) is 11.3. The van der Waals surface area contributed by atoms with Crippen LogP contribution in [-0.2, 0) is 14.3 Å². The van der Waals surface area contributed by atoms with Crippen molar-refractivity contribution in [1.82, 2.24) is 0 Å². The second kappa shape index (κ2) is 12.3. The van der Waals surface area contributed by atoms with Gasteiger partial charge in [-0.2, -0.15) is 0 Å². The summed E-state index contributed by atoms with van der Waals surface area (Å²) in [5.74, 6) is 1.02. The van der Waals surface area contributed by atoms with E-state index >= 15 is 0 Å². The Labute approximate surface area is 264 Å². The van der Waals surface area contributed by atoms with E-state index in [-0.39, 0.29) is 45.0 Å². The minimum absolute atomic E-state index is 0.00359. The van der Waals surface area contributed by atoms with Gasteiger partial charge in [-0.3, -0.25) is 9.59 Å². The molecular formula is C39H66O4. The summed E-state index contributed by atoms with van der Waals surface area (Å²) < 4.78 is 6.28. The molecule has 4 saturated carbocycles. The van der Waals surface area contributed by atoms with Gasteiger partial charge in [0, 0.05) is 11.3 Å². The number of allylic oxidation sites excluding steroid dienone is 3. The topological polar surface area (TPSA) is 63.6 Å². The summed E-state index contributed by atoms with van der Waals surface area (Å²) in [6.07, 6.45) is 13.3. The minimum atomic E-state index is -0.710. The molecule has 0 heterocycles. The normalized spacial score (nSPS) is 44.3. The van der Waals surface area contributed by atoms with Crippen LogP contribution in [-0.4, -0.2) is 23.0 Å². The molecule has 9 atom stereocenters. The number of carboxylic acids is 1. The highest BCUT2D eigenvalue weighted by atomic mass is 16.5. The molecule has 4 nitrogen and oxygen atoms in total. The summed E-state index contributed by atoms with van der Waals surface area (Å²) in [6, 6.07) is 0. The van der Waals surface area contributed by atoms with E-state index in [4.69, 9.17) is 4.74 Å². The first-order valence-corrected chi connectivity index (χ1v) is 17.7. The zero-order chi connectivity index (χ0) is 32.8. The molecule has 0 radical (unpaired) electrons. The van der Waals surface area contributed by atoms with E-state index in [1.807, 2.05) is 27.7 Å². The Morgan fingerprint density at radius 1 is 0.953 bits per heavy atom. The fourth-order valence-electron chi connectivity index (χ4n) is 11.3. The molecular weight excluding hydrogens is 532 g/mol. The third-order valence-corrected chi connectivity index (χ3v) is 13.8. The van der Waals surface area contributed by atoms with Crippen LogP contribution in [0.2, 0.25) is 0 Å². The number of ether oxygens (including phenoxy) is 1. The van der Waals surface area contributed by atoms with E-state index < -0.39 is 11.4 Å². The van der Waals surface area contributed by atoms with Gasteiger partial charge in [0.05, 0.1) is 11.2 Å². The van der Waals surface area contributed by atoms with Crippen molar-refractivity contribution in [3.05, 3.63) is 24.0 Å². The molecule has 5 aliphatic rings. The lowest BCUT2D eigenvalue weighted by molar-refractivity contribution is -0.205. The number of carbonyl (C=O) groups excluding carboxylic acids is 1. The van der Waals surface area contributed by atoms with E-state index in [1.54, 1.807) is 0 Å². The van der Waals surface area contributed by atoms with Crippen LogP contribution in [0.1, 0.15) is 154 Å². The molecule has 246 valence electrons. The third-order valence-electron chi connectivity index (χ3n) is 13.8. The van der Waals surface area contributed by atoms with Crippen LogP contribution in [0.25, 0.3) is 0 Å². The van der Waals surface area contributed by atoms with Gasteiger partial charge in [0.2, 0.25) is 0 Å². The number of hydrogen-bond acceptors (Lipinski definition) is 3. The van der Waals surface area contributed by atoms with E-state index in [9.17, 15) is 14.7 Å². The van der Waals surface area contributed by atoms with E-state index in [0.717, 1.165) is 63.5 Å². The molecule has 0 aromatic rings. The maximum atomic E-state index is 14.5. The van der Waals surface area contributed by atoms with Crippen molar-refractivity contribution in [1.29, 1.82) is 0 Å². The summed E-state index contributed by atoms with van der Waals surface area (Å²) in [7, 11) is 0. The first-order valence-electron chi connectivity index (χ1n) is 17.7. The first-order chi connectivity index (χ1) is 19.9. The van der Waals surface area contributed by atoms with Crippen LogP contribution in [0.15, 0.2) is 24.0 Å². The summed E-state index contributed by atoms with van der Waals surface area (Å²) in [4.78, 5) is 26.9. The summed E-state index contributed by atoms with van der Waals surface area (Å²) in [6.45, 7) is 30.5. The van der Waals surface area contributed by atoms with Gasteiger partial charge in [-0.05, 0) is 118 Å². The van der Waals surface area contributed by atoms with Crippen molar-refractivity contribution in [2.45, 2.75) is 160 Å². The average Bonchev–Trinajstić information content (AvgIpc) is 2.93. The largest absolute Gasteiger partial charge is 0.495 e. The molecule has 0 saturated heterocycles. The average molecular weight is 599 g/mol. The van der Waals surface area contributed by atoms with Crippen molar-refractivity contribution in [3.63, 3.8) is 0 Å². The van der Waals surface area contributed by atoms with Crippen LogP contribution < -0.4 is 0 Å². The highest BCUT2D eigenvalue weighted by Gasteiger charge is 2.70. The molecule has 1 N–H and O–H groups in total. The van der Waals surface area contributed by atoms with Crippen molar-refractivity contribution < 1.29 is 19.4 Å². The van der Waals surface area contributed by atoms with Gasteiger partial charge in [0.25, 0.3) is 0 Å². The van der Waals surface area contributed by atoms with Crippen LogP contribution in [0.4, 0.5) is 0 Å². The molecule has 8 unspecified atom stereocenters. The predicted molar refractivity (Wildman–Crippen MR) is 179 cm³/mol. The number of rotatable bonds is 4. The number of aliphatic carboxylic acids is 1. The van der Waals surface area contributed by atoms with Gasteiger partial charge in [0.15, 0.2) is 5.78 Å². The molecule has 0 aliphatic heterocycles. The SMILES string of the molecule is C=C(C)OC1CCC2(C)C(CCC3(C)C2C(=O)C=C2C4C[C@@](C)(C(=O)O)CCC4(CC)CCC23C)C1(C)C.CC.CCC. The maximum Gasteiger partial charge on any atom is 0.309 e. The molecule has 0 aromatic carbocycles. The number of hydrogen-bond donors (Lipinski definition) is 1. The second-order valence-electron chi connectivity index (χ2n) is 16.5. The first kappa shape index (κ1) is 35.9. The molecule has 4 fully saturated rings. The number of carboxylic acid groups (broad SMARTS) is 1. The Morgan fingerprint density at radius 3 is 2.07 bits per heavy atom. The molecule has 4 heteroatoms. The predicted octanol–water partition coefficient (Wildman–Crippen LogP) is 10.8. The van der Waals surface area contributed by atoms with Gasteiger partial charge in [-0.15, -0.1) is 0 Å². The monoisotopic (exact) mass is 598 g/mol. The highest BCUT2D eigenvalue weighted by Crippen LogP contribution is 2.75. The van der Waals surface area contributed by atoms with E-state index in [2.05, 4.69) is 68.0 Å². The lowest BCUT2D eigenvalue weighted by Gasteiger charge is -2.70. The summed E-state index contributed by atoms with van der Waals surface area (Å²) >= 11 is 0. The fraction of sp³-hybridized carbons (Fsp3) is 0.846. The number of fused-ring (bicyclic) bond motifs is 7. The third kappa shape index (κ3) is 5.37. The van der Waals surface area contributed by atoms with Crippen LogP contribution >= 0.6 is 0 Å². The second-order valence-corrected chi connectivity index (χ2v) is 16.5. The summed E-state index contributed by atoms with van der Waals surface area (Å²) in [5.41, 5.74) is 0.429. The zero-order valence-corrected chi connectivity index (χ0v) is 30.0. The quantitative estimate of drug-likeness (QED) is 0.327. The Hall–Kier alpha value is -1.58. The van der Waals surface area contributed by atoms with Gasteiger partial charge in [0.1, 0.15) is 6.10 Å². The molecule has 0 amide bonds. The molecule has 0 bridgehead atoms. The van der Waals surface area contributed by atoms with Gasteiger partial charge < -0.3 is 9.84 Å². The van der Waals surface area contributed by atoms with Crippen LogP contribution in [0.5, 0.6) is 0 Å². The Kier molecular flexibility index (Phi) is 10.3. The van der Waals surface area contributed by atoms with Crippen molar-refractivity contribution in [2.24, 2.45) is 50.2 Å². The summed E-state index contributed by atoms with van der Waals surface area (Å²) in [5, 5.41) is 10.2. The molecule has 0 spiro atoms. The van der Waals surface area contributed by atoms with Gasteiger partial charge in [-0.1, -0.05) is 87.8 Å². The van der Waals surface area contributed by atoms with Gasteiger partial charge in [-0.25, -0.2) is 0 Å². The minimum Gasteiger partial charge on any atom is -0.495 e. The number of ketones is 1. The van der Waals surface area contributed by atoms with E-state index in [0.29, 0.717) is 18.1 Å². The van der Waals surface area contributed by atoms with Crippen molar-refractivity contribution >= 4 is 11.8 Å². The zero-order valence-electron chi connectivity index (χ0n) is 30.0. The van der Waals surface area contributed by atoms with E-state index in [1.165, 1.54) is 12.0 Å². The van der Waals surface area contributed by atoms with Crippen LogP contribution in [0.3, 0.4) is 0 Å². The Balaban J connectivity index is 0.000000953. The smallest absolute Gasteiger partial charge is 0.309 e. The Bertz CT molecular complexity index is 1100. The lowest BCUT2D eigenvalue weighted by Crippen LogP contribution is -2.66. The standard InChI is InChI=1S/C34H52O4.C3H8.C2H6/c1-10-34-17-15-30(6,28(36)37)20-23(34)22-19-24(35)27-31(7)13-12-26(38-21(2)3)29(4,5)25(31)11-14-33(27,9)32(22,8)16-18-34;1-3-2;1-2/h19,23,25-27H,2,10-18,20H2,1,3-9H3,(H,36,37);3H2,1-2H3;1-2H3/t23?,25?,26?,27?,30-,31?,32?,33?,34?;;/m0../s1. The maximum absolute atomic E-state index is 14.5. The van der Waals surface area contributed by atoms with Crippen molar-refractivity contribution in [3.8, 4) is 0 Å². The molecule has 43 heavy (non-hydrogen) atoms. The lowest BCUT2D eigenvalue weighted by atomic mass is 9.33. The molecule has 5 aliphatic carbocycles. The number of carbonyl (C=O) groups is 2. The van der Waals surface area contributed by atoms with Crippen molar-refractivity contribution in [2.75, 3.05) is 0 Å².